The standard InChI is InChI=1S/C23H27N3O/c1-23-14-19-18(13-16-7-3-2-4-8-16)25-20(23)10-5-11-21(23)26(19)22(27)17-9-6-12-24-15-17/h2-4,6-9,12,15,18-21,25H,5,10-11,13-14H2,1H3/t18-,19-,20+,21-,23+/m0/s1. The smallest absolute Gasteiger partial charge is 0.255 e. The molecule has 1 aliphatic carbocycles. The maximum atomic E-state index is 13.5. The molecule has 3 aliphatic rings. The van der Waals surface area contributed by atoms with Gasteiger partial charge in [-0.25, -0.2) is 0 Å². The lowest BCUT2D eigenvalue weighted by molar-refractivity contribution is 0.0558. The number of aromatic nitrogens is 1. The molecule has 140 valence electrons. The zero-order chi connectivity index (χ0) is 18.4. The van der Waals surface area contributed by atoms with Crippen molar-refractivity contribution in [2.75, 3.05) is 0 Å². The minimum atomic E-state index is 0.157. The van der Waals surface area contributed by atoms with Gasteiger partial charge in [-0.15, -0.1) is 0 Å². The molecule has 1 aromatic carbocycles. The first-order valence-electron chi connectivity index (χ1n) is 10.2. The summed E-state index contributed by atoms with van der Waals surface area (Å²) in [5.41, 5.74) is 2.25. The number of nitrogens with one attached hydrogen (secondary N) is 1. The van der Waals surface area contributed by atoms with Crippen molar-refractivity contribution in [1.82, 2.24) is 15.2 Å². The summed E-state index contributed by atoms with van der Waals surface area (Å²) in [6, 6.07) is 15.8. The highest BCUT2D eigenvalue weighted by atomic mass is 16.2. The van der Waals surface area contributed by atoms with Crippen molar-refractivity contribution in [3.05, 3.63) is 66.0 Å². The molecule has 0 unspecified atom stereocenters. The second-order valence-electron chi connectivity index (χ2n) is 8.69. The predicted octanol–water partition coefficient (Wildman–Crippen LogP) is 3.44. The highest BCUT2D eigenvalue weighted by Crippen LogP contribution is 2.53. The fourth-order valence-electron chi connectivity index (χ4n) is 5.90. The maximum absolute atomic E-state index is 13.5. The molecule has 1 aromatic heterocycles. The van der Waals surface area contributed by atoms with Crippen molar-refractivity contribution in [3.8, 4) is 0 Å². The van der Waals surface area contributed by atoms with E-state index in [2.05, 4.69) is 52.5 Å². The van der Waals surface area contributed by atoms with Gasteiger partial charge in [-0.3, -0.25) is 9.78 Å². The maximum Gasteiger partial charge on any atom is 0.255 e. The average Bonchev–Trinajstić information content (AvgIpc) is 3.01. The van der Waals surface area contributed by atoms with Gasteiger partial charge in [0.05, 0.1) is 5.56 Å². The number of rotatable bonds is 3. The molecule has 2 aromatic rings. The van der Waals surface area contributed by atoms with E-state index in [4.69, 9.17) is 0 Å². The van der Waals surface area contributed by atoms with Crippen LogP contribution in [0.4, 0.5) is 0 Å². The third kappa shape index (κ3) is 2.69. The van der Waals surface area contributed by atoms with Gasteiger partial charge in [0.2, 0.25) is 0 Å². The van der Waals surface area contributed by atoms with Crippen LogP contribution in [0.15, 0.2) is 54.9 Å². The highest BCUT2D eigenvalue weighted by Gasteiger charge is 2.61. The number of pyridine rings is 1. The zero-order valence-corrected chi connectivity index (χ0v) is 15.8. The molecule has 5 rings (SSSR count). The lowest BCUT2D eigenvalue weighted by Gasteiger charge is -2.46. The van der Waals surface area contributed by atoms with Crippen LogP contribution >= 0.6 is 0 Å². The van der Waals surface area contributed by atoms with E-state index in [1.165, 1.54) is 18.4 Å². The van der Waals surface area contributed by atoms with E-state index in [1.807, 2.05) is 12.1 Å². The first kappa shape index (κ1) is 16.9. The van der Waals surface area contributed by atoms with Crippen LogP contribution in [0.25, 0.3) is 0 Å². The summed E-state index contributed by atoms with van der Waals surface area (Å²) in [4.78, 5) is 19.9. The number of piperidine rings is 1. The summed E-state index contributed by atoms with van der Waals surface area (Å²) >= 11 is 0. The molecular weight excluding hydrogens is 334 g/mol. The first-order valence-corrected chi connectivity index (χ1v) is 10.2. The quantitative estimate of drug-likeness (QED) is 0.911. The zero-order valence-electron chi connectivity index (χ0n) is 15.8. The van der Waals surface area contributed by atoms with E-state index in [-0.39, 0.29) is 17.4 Å². The van der Waals surface area contributed by atoms with Crippen LogP contribution in [0.1, 0.15) is 48.5 Å². The second kappa shape index (κ2) is 6.45. The van der Waals surface area contributed by atoms with Crippen molar-refractivity contribution < 1.29 is 4.79 Å². The number of likely N-dealkylation sites (tertiary alicyclic amines) is 1. The van der Waals surface area contributed by atoms with E-state index >= 15 is 0 Å². The minimum Gasteiger partial charge on any atom is -0.330 e. The molecule has 5 atom stereocenters. The summed E-state index contributed by atoms with van der Waals surface area (Å²) in [6.45, 7) is 2.40. The lowest BCUT2D eigenvalue weighted by atomic mass is 9.65. The van der Waals surface area contributed by atoms with Crippen LogP contribution in [0.5, 0.6) is 0 Å². The van der Waals surface area contributed by atoms with Gasteiger partial charge in [-0.1, -0.05) is 37.3 Å². The number of hydrogen-bond donors (Lipinski definition) is 1. The van der Waals surface area contributed by atoms with Gasteiger partial charge < -0.3 is 10.2 Å². The van der Waals surface area contributed by atoms with E-state index in [1.54, 1.807) is 12.4 Å². The van der Waals surface area contributed by atoms with Gasteiger partial charge in [0, 0.05) is 42.0 Å². The molecule has 1 saturated carbocycles. The van der Waals surface area contributed by atoms with Gasteiger partial charge in [0.15, 0.2) is 0 Å². The summed E-state index contributed by atoms with van der Waals surface area (Å²) in [7, 11) is 0. The Labute approximate surface area is 161 Å². The minimum absolute atomic E-state index is 0.157. The van der Waals surface area contributed by atoms with Crippen LogP contribution in [0.2, 0.25) is 0 Å². The molecule has 2 saturated heterocycles. The normalized spacial score (nSPS) is 34.5. The van der Waals surface area contributed by atoms with Crippen molar-refractivity contribution in [3.63, 3.8) is 0 Å². The molecule has 1 N–H and O–H groups in total. The van der Waals surface area contributed by atoms with E-state index in [9.17, 15) is 4.79 Å². The molecule has 0 radical (unpaired) electrons. The molecule has 4 heteroatoms. The van der Waals surface area contributed by atoms with E-state index < -0.39 is 0 Å². The fraction of sp³-hybridized carbons (Fsp3) is 0.478. The SMILES string of the molecule is C[C@@]12C[C@H]3[C@H](Cc4ccccc4)N[C@@H]1CCC[C@@H]2N3C(=O)c1cccnc1. The fourth-order valence-corrected chi connectivity index (χ4v) is 5.90. The number of carbonyl (C=O) groups is 1. The molecule has 3 fully saturated rings. The Hall–Kier alpha value is -2.20. The highest BCUT2D eigenvalue weighted by molar-refractivity contribution is 5.94. The van der Waals surface area contributed by atoms with Crippen molar-refractivity contribution in [2.45, 2.75) is 63.2 Å². The Bertz CT molecular complexity index is 824. The number of nitrogens with zero attached hydrogens (tertiary/aromatic N) is 2. The molecule has 2 aliphatic heterocycles. The summed E-state index contributed by atoms with van der Waals surface area (Å²) < 4.78 is 0. The second-order valence-corrected chi connectivity index (χ2v) is 8.69. The third-order valence-electron chi connectivity index (χ3n) is 7.19. The molecule has 1 amide bonds. The number of benzene rings is 1. The lowest BCUT2D eigenvalue weighted by Crippen LogP contribution is -2.58. The average molecular weight is 361 g/mol. The molecule has 2 bridgehead atoms. The first-order chi connectivity index (χ1) is 13.2. The van der Waals surface area contributed by atoms with Crippen LogP contribution < -0.4 is 5.32 Å². The van der Waals surface area contributed by atoms with Crippen LogP contribution in [0, 0.1) is 5.41 Å². The van der Waals surface area contributed by atoms with Gasteiger partial charge in [-0.2, -0.15) is 0 Å². The van der Waals surface area contributed by atoms with Crippen molar-refractivity contribution in [1.29, 1.82) is 0 Å². The number of hydrogen-bond acceptors (Lipinski definition) is 3. The van der Waals surface area contributed by atoms with Crippen molar-refractivity contribution >= 4 is 5.91 Å². The molecular formula is C23H27N3O. The van der Waals surface area contributed by atoms with Gasteiger partial charge >= 0.3 is 0 Å². The molecule has 27 heavy (non-hydrogen) atoms. The van der Waals surface area contributed by atoms with Gasteiger partial charge in [0.1, 0.15) is 0 Å². The van der Waals surface area contributed by atoms with Crippen LogP contribution in [-0.2, 0) is 6.42 Å². The van der Waals surface area contributed by atoms with E-state index in [0.717, 1.165) is 19.3 Å². The number of amides is 1. The van der Waals surface area contributed by atoms with Crippen molar-refractivity contribution in [2.24, 2.45) is 5.41 Å². The Morgan fingerprint density at radius 2 is 2.07 bits per heavy atom. The van der Waals surface area contributed by atoms with Gasteiger partial charge in [0.25, 0.3) is 5.91 Å². The number of carbonyl (C=O) groups excluding carboxylic acids is 1. The summed E-state index contributed by atoms with van der Waals surface area (Å²) in [5, 5.41) is 3.96. The molecule has 0 spiro atoms. The Kier molecular flexibility index (Phi) is 4.05. The molecule has 4 nitrogen and oxygen atoms in total. The van der Waals surface area contributed by atoms with E-state index in [0.29, 0.717) is 23.7 Å². The summed E-state index contributed by atoms with van der Waals surface area (Å²) in [5.74, 6) is 0.157. The summed E-state index contributed by atoms with van der Waals surface area (Å²) in [6.07, 6.45) is 9.07. The Morgan fingerprint density at radius 3 is 2.85 bits per heavy atom. The third-order valence-corrected chi connectivity index (χ3v) is 7.19. The van der Waals surface area contributed by atoms with Crippen LogP contribution in [-0.4, -0.2) is 40.0 Å². The molecule has 3 heterocycles. The Morgan fingerprint density at radius 1 is 1.22 bits per heavy atom. The monoisotopic (exact) mass is 361 g/mol. The Balaban J connectivity index is 1.51. The van der Waals surface area contributed by atoms with Gasteiger partial charge in [-0.05, 0) is 49.8 Å². The number of fused-ring (bicyclic) bond motifs is 1. The largest absolute Gasteiger partial charge is 0.330 e. The predicted molar refractivity (Wildman–Crippen MR) is 105 cm³/mol. The van der Waals surface area contributed by atoms with Crippen LogP contribution in [0.3, 0.4) is 0 Å². The topological polar surface area (TPSA) is 45.2 Å².